The van der Waals surface area contributed by atoms with Crippen LogP contribution < -0.4 is 10.6 Å². The Kier molecular flexibility index (Phi) is 3.36. The average molecular weight is 246 g/mol. The highest BCUT2D eigenvalue weighted by Gasteiger charge is 2.43. The van der Waals surface area contributed by atoms with Gasteiger partial charge in [-0.05, 0) is 30.4 Å². The number of rotatable bonds is 2. The minimum atomic E-state index is -0.907. The molecule has 2 rings (SSSR count). The normalized spacial score (nSPS) is 21.9. The number of likely N-dealkylation sites (N-methyl/N-ethyl adjacent to an activating group) is 1. The zero-order valence-electron chi connectivity index (χ0n) is 10.7. The first-order valence-corrected chi connectivity index (χ1v) is 6.19. The third kappa shape index (κ3) is 1.98. The fourth-order valence-electron chi connectivity index (χ4n) is 2.77. The molecule has 1 aliphatic carbocycles. The topological polar surface area (TPSA) is 58.2 Å². The number of carbonyl (C=O) groups is 2. The molecule has 0 aliphatic heterocycles. The fourth-order valence-corrected chi connectivity index (χ4v) is 2.77. The highest BCUT2D eigenvalue weighted by Crippen LogP contribution is 2.35. The Hall–Kier alpha value is -1.84. The minimum Gasteiger partial charge on any atom is -0.357 e. The van der Waals surface area contributed by atoms with Gasteiger partial charge in [0.1, 0.15) is 5.54 Å². The lowest BCUT2D eigenvalue weighted by molar-refractivity contribution is -0.133. The fraction of sp³-hybridized carbons (Fsp3) is 0.429. The summed E-state index contributed by atoms with van der Waals surface area (Å²) in [5.74, 6) is -0.333. The van der Waals surface area contributed by atoms with Crippen LogP contribution in [0.1, 0.15) is 30.9 Å². The summed E-state index contributed by atoms with van der Waals surface area (Å²) >= 11 is 0. The number of amides is 2. The van der Waals surface area contributed by atoms with Crippen LogP contribution in [-0.4, -0.2) is 18.9 Å². The van der Waals surface area contributed by atoms with E-state index in [1.54, 1.807) is 7.05 Å². The second-order valence-corrected chi connectivity index (χ2v) is 4.68. The molecular weight excluding hydrogens is 228 g/mol. The number of benzene rings is 1. The first kappa shape index (κ1) is 12.6. The van der Waals surface area contributed by atoms with Gasteiger partial charge in [-0.15, -0.1) is 0 Å². The van der Waals surface area contributed by atoms with Crippen LogP contribution in [0.2, 0.25) is 0 Å². The van der Waals surface area contributed by atoms with Crippen LogP contribution in [0.3, 0.4) is 0 Å². The van der Waals surface area contributed by atoms with Gasteiger partial charge in [0, 0.05) is 14.0 Å². The lowest BCUT2D eigenvalue weighted by Crippen LogP contribution is -2.56. The summed E-state index contributed by atoms with van der Waals surface area (Å²) in [6.45, 7) is 1.45. The standard InChI is InChI=1S/C14H18N2O2/c1-10(17)16-14(13(18)15-2)9-5-7-11-6-3-4-8-12(11)14/h3-4,6,8H,5,7,9H2,1-2H3,(H,15,18)(H,16,17). The monoisotopic (exact) mass is 246 g/mol. The summed E-state index contributed by atoms with van der Waals surface area (Å²) in [4.78, 5) is 23.7. The van der Waals surface area contributed by atoms with Crippen molar-refractivity contribution in [3.63, 3.8) is 0 Å². The van der Waals surface area contributed by atoms with E-state index in [2.05, 4.69) is 10.6 Å². The Morgan fingerprint density at radius 1 is 1.28 bits per heavy atom. The summed E-state index contributed by atoms with van der Waals surface area (Å²) < 4.78 is 0. The Morgan fingerprint density at radius 2 is 2.00 bits per heavy atom. The molecule has 2 amide bonds. The molecule has 1 unspecified atom stereocenters. The van der Waals surface area contributed by atoms with Crippen molar-refractivity contribution in [1.82, 2.24) is 10.6 Å². The molecule has 1 atom stereocenters. The molecule has 4 heteroatoms. The molecule has 0 saturated heterocycles. The molecule has 0 fully saturated rings. The zero-order valence-corrected chi connectivity index (χ0v) is 10.7. The predicted octanol–water partition coefficient (Wildman–Crippen LogP) is 1.10. The summed E-state index contributed by atoms with van der Waals surface area (Å²) in [5.41, 5.74) is 1.15. The highest BCUT2D eigenvalue weighted by atomic mass is 16.2. The molecule has 0 heterocycles. The summed E-state index contributed by atoms with van der Waals surface area (Å²) in [5, 5.41) is 5.52. The maximum Gasteiger partial charge on any atom is 0.250 e. The molecule has 0 spiro atoms. The highest BCUT2D eigenvalue weighted by molar-refractivity contribution is 5.92. The van der Waals surface area contributed by atoms with Gasteiger partial charge in [0.05, 0.1) is 0 Å². The average Bonchev–Trinajstić information content (AvgIpc) is 2.37. The summed E-state index contributed by atoms with van der Waals surface area (Å²) in [7, 11) is 1.60. The van der Waals surface area contributed by atoms with Crippen molar-refractivity contribution in [2.24, 2.45) is 0 Å². The van der Waals surface area contributed by atoms with Gasteiger partial charge in [-0.2, -0.15) is 0 Å². The Balaban J connectivity index is 2.54. The summed E-state index contributed by atoms with van der Waals surface area (Å²) in [6, 6.07) is 7.82. The SMILES string of the molecule is CNC(=O)C1(NC(C)=O)CCCc2ccccc21. The second kappa shape index (κ2) is 4.80. The van der Waals surface area contributed by atoms with Crippen LogP contribution in [0.5, 0.6) is 0 Å². The molecule has 96 valence electrons. The molecule has 18 heavy (non-hydrogen) atoms. The molecule has 1 aliphatic rings. The van der Waals surface area contributed by atoms with E-state index >= 15 is 0 Å². The smallest absolute Gasteiger partial charge is 0.250 e. The van der Waals surface area contributed by atoms with Gasteiger partial charge in [0.25, 0.3) is 0 Å². The van der Waals surface area contributed by atoms with Gasteiger partial charge in [0.2, 0.25) is 11.8 Å². The maximum absolute atomic E-state index is 12.3. The molecule has 0 aromatic heterocycles. The van der Waals surface area contributed by atoms with Crippen LogP contribution in [0.15, 0.2) is 24.3 Å². The Morgan fingerprint density at radius 3 is 2.67 bits per heavy atom. The van der Waals surface area contributed by atoms with Crippen LogP contribution in [0.25, 0.3) is 0 Å². The number of carbonyl (C=O) groups excluding carboxylic acids is 2. The molecule has 4 nitrogen and oxygen atoms in total. The third-order valence-corrected chi connectivity index (χ3v) is 3.48. The van der Waals surface area contributed by atoms with E-state index in [1.807, 2.05) is 24.3 Å². The van der Waals surface area contributed by atoms with E-state index in [1.165, 1.54) is 6.92 Å². The number of nitrogens with one attached hydrogen (secondary N) is 2. The predicted molar refractivity (Wildman–Crippen MR) is 68.9 cm³/mol. The molecule has 0 bridgehead atoms. The molecule has 2 N–H and O–H groups in total. The Labute approximate surface area is 107 Å². The maximum atomic E-state index is 12.3. The lowest BCUT2D eigenvalue weighted by atomic mass is 9.75. The van der Waals surface area contributed by atoms with Crippen molar-refractivity contribution >= 4 is 11.8 Å². The largest absolute Gasteiger partial charge is 0.357 e. The van der Waals surface area contributed by atoms with Gasteiger partial charge in [-0.1, -0.05) is 24.3 Å². The van der Waals surface area contributed by atoms with Crippen LogP contribution >= 0.6 is 0 Å². The van der Waals surface area contributed by atoms with Gasteiger partial charge in [0.15, 0.2) is 0 Å². The van der Waals surface area contributed by atoms with Crippen molar-refractivity contribution in [2.45, 2.75) is 31.7 Å². The van der Waals surface area contributed by atoms with Crippen molar-refractivity contribution in [3.05, 3.63) is 35.4 Å². The molecular formula is C14H18N2O2. The molecule has 0 radical (unpaired) electrons. The van der Waals surface area contributed by atoms with E-state index in [0.29, 0.717) is 6.42 Å². The van der Waals surface area contributed by atoms with Crippen molar-refractivity contribution < 1.29 is 9.59 Å². The second-order valence-electron chi connectivity index (χ2n) is 4.68. The van der Waals surface area contributed by atoms with Crippen LogP contribution in [0.4, 0.5) is 0 Å². The number of aryl methyl sites for hydroxylation is 1. The van der Waals surface area contributed by atoms with Gasteiger partial charge in [-0.3, -0.25) is 9.59 Å². The van der Waals surface area contributed by atoms with Crippen molar-refractivity contribution in [1.29, 1.82) is 0 Å². The van der Waals surface area contributed by atoms with E-state index in [-0.39, 0.29) is 11.8 Å². The quantitative estimate of drug-likeness (QED) is 0.821. The van der Waals surface area contributed by atoms with Gasteiger partial charge >= 0.3 is 0 Å². The lowest BCUT2D eigenvalue weighted by Gasteiger charge is -2.37. The first-order chi connectivity index (χ1) is 8.60. The van der Waals surface area contributed by atoms with Gasteiger partial charge in [-0.25, -0.2) is 0 Å². The van der Waals surface area contributed by atoms with Crippen molar-refractivity contribution in [2.75, 3.05) is 7.05 Å². The van der Waals surface area contributed by atoms with Crippen LogP contribution in [-0.2, 0) is 21.5 Å². The van der Waals surface area contributed by atoms with Crippen LogP contribution in [0, 0.1) is 0 Å². The van der Waals surface area contributed by atoms with Gasteiger partial charge < -0.3 is 10.6 Å². The number of hydrogen-bond acceptors (Lipinski definition) is 2. The third-order valence-electron chi connectivity index (χ3n) is 3.48. The first-order valence-electron chi connectivity index (χ1n) is 6.19. The molecule has 1 aromatic rings. The minimum absolute atomic E-state index is 0.148. The van der Waals surface area contributed by atoms with E-state index in [9.17, 15) is 9.59 Å². The summed E-state index contributed by atoms with van der Waals surface area (Å²) in [6.07, 6.45) is 2.49. The molecule has 0 saturated carbocycles. The van der Waals surface area contributed by atoms with E-state index in [4.69, 9.17) is 0 Å². The van der Waals surface area contributed by atoms with E-state index < -0.39 is 5.54 Å². The van der Waals surface area contributed by atoms with E-state index in [0.717, 1.165) is 24.0 Å². The van der Waals surface area contributed by atoms with Crippen molar-refractivity contribution in [3.8, 4) is 0 Å². The molecule has 1 aromatic carbocycles. The Bertz CT molecular complexity index is 484. The zero-order chi connectivity index (χ0) is 13.2. The number of hydrogen-bond donors (Lipinski definition) is 2. The number of fused-ring (bicyclic) bond motifs is 1.